The fraction of sp³-hybridized carbons (Fsp3) is 0.250. The van der Waals surface area contributed by atoms with Crippen LogP contribution in [-0.2, 0) is 0 Å². The highest BCUT2D eigenvalue weighted by molar-refractivity contribution is 7.16. The molecule has 2 rings (SSSR count). The third-order valence-corrected chi connectivity index (χ3v) is 4.00. The lowest BCUT2D eigenvalue weighted by molar-refractivity contribution is 0.0956. The van der Waals surface area contributed by atoms with Crippen molar-refractivity contribution in [2.45, 2.75) is 13.8 Å². The van der Waals surface area contributed by atoms with Crippen molar-refractivity contribution in [2.24, 2.45) is 5.73 Å². The predicted molar refractivity (Wildman–Crippen MR) is 89.6 cm³/mol. The first-order chi connectivity index (χ1) is 10.5. The zero-order valence-electron chi connectivity index (χ0n) is 12.6. The maximum Gasteiger partial charge on any atom is 0.256 e. The Bertz CT molecular complexity index is 694. The number of nitrogens with two attached hydrogens (primary N) is 1. The smallest absolute Gasteiger partial charge is 0.256 e. The highest BCUT2D eigenvalue weighted by Crippen LogP contribution is 2.28. The third kappa shape index (κ3) is 3.93. The molecule has 0 bridgehead atoms. The van der Waals surface area contributed by atoms with Crippen molar-refractivity contribution in [1.82, 2.24) is 5.32 Å². The topological polar surface area (TPSA) is 84.2 Å². The zero-order valence-corrected chi connectivity index (χ0v) is 13.4. The van der Waals surface area contributed by atoms with Gasteiger partial charge in [-0.25, -0.2) is 0 Å². The molecular formula is C16H19N3O2S. The lowest BCUT2D eigenvalue weighted by atomic mass is 10.1. The number of carbonyl (C=O) groups is 2. The second kappa shape index (κ2) is 7.20. The molecule has 0 aliphatic heterocycles. The fourth-order valence-corrected chi connectivity index (χ4v) is 2.92. The molecular weight excluding hydrogens is 298 g/mol. The molecule has 116 valence electrons. The second-order valence-corrected chi connectivity index (χ2v) is 6.22. The third-order valence-electron chi connectivity index (χ3n) is 3.04. The van der Waals surface area contributed by atoms with E-state index in [0.29, 0.717) is 29.2 Å². The Morgan fingerprint density at radius 3 is 2.64 bits per heavy atom. The van der Waals surface area contributed by atoms with Crippen molar-refractivity contribution in [3.8, 4) is 0 Å². The molecule has 0 aliphatic carbocycles. The number of nitrogens with one attached hydrogen (secondary N) is 2. The van der Waals surface area contributed by atoms with Crippen LogP contribution < -0.4 is 16.4 Å². The molecule has 2 aromatic rings. The van der Waals surface area contributed by atoms with Gasteiger partial charge in [-0.2, -0.15) is 0 Å². The molecule has 1 aromatic heterocycles. The number of hydrogen-bond donors (Lipinski definition) is 3. The van der Waals surface area contributed by atoms with E-state index in [4.69, 9.17) is 5.73 Å². The Balaban J connectivity index is 2.19. The number of aryl methyl sites for hydroxylation is 2. The summed E-state index contributed by atoms with van der Waals surface area (Å²) in [5, 5.41) is 6.09. The van der Waals surface area contributed by atoms with Crippen molar-refractivity contribution < 1.29 is 9.59 Å². The van der Waals surface area contributed by atoms with Gasteiger partial charge in [0.15, 0.2) is 0 Å². The van der Waals surface area contributed by atoms with Crippen LogP contribution in [0.4, 0.5) is 5.00 Å². The van der Waals surface area contributed by atoms with Gasteiger partial charge in [0.25, 0.3) is 11.8 Å². The van der Waals surface area contributed by atoms with E-state index in [1.165, 1.54) is 11.3 Å². The molecule has 1 aromatic carbocycles. The van der Waals surface area contributed by atoms with Crippen LogP contribution in [0.5, 0.6) is 0 Å². The number of benzene rings is 1. The van der Waals surface area contributed by atoms with Gasteiger partial charge in [0, 0.05) is 23.5 Å². The van der Waals surface area contributed by atoms with Gasteiger partial charge in [0.05, 0.1) is 5.56 Å². The van der Waals surface area contributed by atoms with Crippen molar-refractivity contribution in [3.63, 3.8) is 0 Å². The van der Waals surface area contributed by atoms with E-state index in [0.717, 1.165) is 10.4 Å². The van der Waals surface area contributed by atoms with Crippen LogP contribution in [-0.4, -0.2) is 24.9 Å². The maximum absolute atomic E-state index is 12.3. The molecule has 4 N–H and O–H groups in total. The van der Waals surface area contributed by atoms with Crippen LogP contribution in [0.3, 0.4) is 0 Å². The summed E-state index contributed by atoms with van der Waals surface area (Å²) in [5.74, 6) is -0.451. The lowest BCUT2D eigenvalue weighted by Crippen LogP contribution is -2.29. The summed E-state index contributed by atoms with van der Waals surface area (Å²) in [6.45, 7) is 4.60. The highest BCUT2D eigenvalue weighted by Gasteiger charge is 2.17. The minimum atomic E-state index is -0.227. The van der Waals surface area contributed by atoms with Gasteiger partial charge in [-0.05, 0) is 32.0 Å². The standard InChI is InChI=1S/C16H19N3O2S/c1-10-4-3-5-12(8-10)14(20)19-16-13(9-11(2)22-16)15(21)18-7-6-17/h3-5,8-9H,6-7,17H2,1-2H3,(H,18,21)(H,19,20). The molecule has 0 fully saturated rings. The molecule has 6 heteroatoms. The summed E-state index contributed by atoms with van der Waals surface area (Å²) in [4.78, 5) is 25.4. The molecule has 0 unspecified atom stereocenters. The molecule has 2 amide bonds. The van der Waals surface area contributed by atoms with E-state index >= 15 is 0 Å². The monoisotopic (exact) mass is 317 g/mol. The Labute approximate surface area is 133 Å². The predicted octanol–water partition coefficient (Wildman–Crippen LogP) is 2.31. The quantitative estimate of drug-likeness (QED) is 0.791. The van der Waals surface area contributed by atoms with E-state index in [-0.39, 0.29) is 11.8 Å². The van der Waals surface area contributed by atoms with Gasteiger partial charge in [-0.3, -0.25) is 9.59 Å². The summed E-state index contributed by atoms with van der Waals surface area (Å²) in [7, 11) is 0. The van der Waals surface area contributed by atoms with Crippen LogP contribution in [0.25, 0.3) is 0 Å². The number of thiophene rings is 1. The van der Waals surface area contributed by atoms with E-state index in [1.54, 1.807) is 12.1 Å². The number of rotatable bonds is 5. The summed E-state index contributed by atoms with van der Waals surface area (Å²) < 4.78 is 0. The lowest BCUT2D eigenvalue weighted by Gasteiger charge is -2.07. The molecule has 0 atom stereocenters. The highest BCUT2D eigenvalue weighted by atomic mass is 32.1. The van der Waals surface area contributed by atoms with Gasteiger partial charge in [0.2, 0.25) is 0 Å². The Kier molecular flexibility index (Phi) is 5.30. The van der Waals surface area contributed by atoms with Crippen LogP contribution >= 0.6 is 11.3 Å². The van der Waals surface area contributed by atoms with E-state index < -0.39 is 0 Å². The normalized spacial score (nSPS) is 10.3. The number of hydrogen-bond acceptors (Lipinski definition) is 4. The van der Waals surface area contributed by atoms with Crippen LogP contribution in [0.15, 0.2) is 30.3 Å². The van der Waals surface area contributed by atoms with E-state index in [1.807, 2.05) is 32.0 Å². The van der Waals surface area contributed by atoms with Gasteiger partial charge in [-0.1, -0.05) is 17.7 Å². The molecule has 0 saturated heterocycles. The summed E-state index contributed by atoms with van der Waals surface area (Å²) >= 11 is 1.38. The minimum absolute atomic E-state index is 0.224. The molecule has 1 heterocycles. The Morgan fingerprint density at radius 1 is 1.18 bits per heavy atom. The SMILES string of the molecule is Cc1cccc(C(=O)Nc2sc(C)cc2C(=O)NCCN)c1. The zero-order chi connectivity index (χ0) is 16.1. The van der Waals surface area contributed by atoms with Crippen molar-refractivity contribution in [3.05, 3.63) is 51.9 Å². The van der Waals surface area contributed by atoms with Crippen LogP contribution in [0, 0.1) is 13.8 Å². The number of anilines is 1. The van der Waals surface area contributed by atoms with Crippen molar-refractivity contribution in [2.75, 3.05) is 18.4 Å². The second-order valence-electron chi connectivity index (χ2n) is 4.97. The molecule has 0 aliphatic rings. The fourth-order valence-electron chi connectivity index (χ4n) is 2.02. The Hall–Kier alpha value is -2.18. The first-order valence-electron chi connectivity index (χ1n) is 6.98. The molecule has 22 heavy (non-hydrogen) atoms. The average Bonchev–Trinajstić information content (AvgIpc) is 2.85. The summed E-state index contributed by atoms with van der Waals surface area (Å²) in [6, 6.07) is 9.08. The number of carbonyl (C=O) groups excluding carboxylic acids is 2. The minimum Gasteiger partial charge on any atom is -0.351 e. The van der Waals surface area contributed by atoms with Gasteiger partial charge in [0.1, 0.15) is 5.00 Å². The first kappa shape index (κ1) is 16.2. The summed E-state index contributed by atoms with van der Waals surface area (Å²) in [5.41, 5.74) is 7.44. The van der Waals surface area contributed by atoms with Gasteiger partial charge < -0.3 is 16.4 Å². The van der Waals surface area contributed by atoms with Crippen LogP contribution in [0.2, 0.25) is 0 Å². The average molecular weight is 317 g/mol. The van der Waals surface area contributed by atoms with Crippen LogP contribution in [0.1, 0.15) is 31.2 Å². The number of amides is 2. The first-order valence-corrected chi connectivity index (χ1v) is 7.79. The largest absolute Gasteiger partial charge is 0.351 e. The van der Waals surface area contributed by atoms with E-state index in [2.05, 4.69) is 10.6 Å². The molecule has 0 spiro atoms. The molecule has 0 saturated carbocycles. The van der Waals surface area contributed by atoms with Crippen molar-refractivity contribution >= 4 is 28.2 Å². The Morgan fingerprint density at radius 2 is 1.95 bits per heavy atom. The van der Waals surface area contributed by atoms with Crippen molar-refractivity contribution in [1.29, 1.82) is 0 Å². The molecule has 5 nitrogen and oxygen atoms in total. The molecule has 0 radical (unpaired) electrons. The van der Waals surface area contributed by atoms with Gasteiger partial charge >= 0.3 is 0 Å². The summed E-state index contributed by atoms with van der Waals surface area (Å²) in [6.07, 6.45) is 0. The van der Waals surface area contributed by atoms with Gasteiger partial charge in [-0.15, -0.1) is 11.3 Å². The van der Waals surface area contributed by atoms with E-state index in [9.17, 15) is 9.59 Å². The maximum atomic E-state index is 12.3.